The fourth-order valence-corrected chi connectivity index (χ4v) is 1.92. The molecule has 1 N–H and O–H groups in total. The highest BCUT2D eigenvalue weighted by atomic mass is 35.5. The number of unbranched alkanes of at least 4 members (excludes halogenated alkanes) is 2. The first-order valence-electron chi connectivity index (χ1n) is 6.90. The van der Waals surface area contributed by atoms with E-state index in [1.807, 2.05) is 18.2 Å². The fraction of sp³-hybridized carbons (Fsp3) is 0.375. The molecular weight excluding hydrogens is 290 g/mol. The molecule has 5 heteroatoms. The molecule has 0 aliphatic heterocycles. The van der Waals surface area contributed by atoms with E-state index >= 15 is 0 Å². The van der Waals surface area contributed by atoms with E-state index < -0.39 is 0 Å². The topological polar surface area (TPSA) is 55.4 Å². The summed E-state index contributed by atoms with van der Waals surface area (Å²) in [4.78, 5) is 22.5. The Morgan fingerprint density at radius 3 is 2.71 bits per heavy atom. The van der Waals surface area contributed by atoms with Crippen molar-refractivity contribution in [2.24, 2.45) is 0 Å². The van der Waals surface area contributed by atoms with E-state index in [0.717, 1.165) is 24.8 Å². The van der Waals surface area contributed by atoms with Crippen LogP contribution in [0.3, 0.4) is 0 Å². The smallest absolute Gasteiger partial charge is 0.305 e. The van der Waals surface area contributed by atoms with Crippen LogP contribution in [0.1, 0.15) is 31.2 Å². The molecule has 0 unspecified atom stereocenters. The molecule has 114 valence electrons. The third-order valence-electron chi connectivity index (χ3n) is 2.90. The molecule has 0 bridgehead atoms. The molecule has 0 fully saturated rings. The Morgan fingerprint density at radius 2 is 2.00 bits per heavy atom. The number of nitrogens with one attached hydrogen (secondary N) is 1. The van der Waals surface area contributed by atoms with E-state index in [2.05, 4.69) is 10.1 Å². The average molecular weight is 310 g/mol. The van der Waals surface area contributed by atoms with Crippen molar-refractivity contribution in [3.05, 3.63) is 40.9 Å². The summed E-state index contributed by atoms with van der Waals surface area (Å²) in [5.41, 5.74) is 0.812. The third kappa shape index (κ3) is 7.51. The van der Waals surface area contributed by atoms with Gasteiger partial charge in [0.1, 0.15) is 0 Å². The number of ether oxygens (including phenoxy) is 1. The van der Waals surface area contributed by atoms with Crippen LogP contribution < -0.4 is 5.32 Å². The van der Waals surface area contributed by atoms with Crippen LogP contribution in [0.4, 0.5) is 0 Å². The summed E-state index contributed by atoms with van der Waals surface area (Å²) in [6.45, 7) is 0.590. The van der Waals surface area contributed by atoms with Gasteiger partial charge in [0.05, 0.1) is 7.11 Å². The third-order valence-corrected chi connectivity index (χ3v) is 3.25. The summed E-state index contributed by atoms with van der Waals surface area (Å²) in [6.07, 6.45) is 6.08. The molecule has 1 aromatic carbocycles. The van der Waals surface area contributed by atoms with Crippen molar-refractivity contribution in [3.8, 4) is 0 Å². The first kappa shape index (κ1) is 17.2. The minimum Gasteiger partial charge on any atom is -0.469 e. The molecule has 0 spiro atoms. The van der Waals surface area contributed by atoms with E-state index in [9.17, 15) is 9.59 Å². The first-order valence-corrected chi connectivity index (χ1v) is 7.28. The van der Waals surface area contributed by atoms with Gasteiger partial charge in [-0.2, -0.15) is 0 Å². The monoisotopic (exact) mass is 309 g/mol. The zero-order chi connectivity index (χ0) is 15.5. The van der Waals surface area contributed by atoms with Crippen LogP contribution in [0.5, 0.6) is 0 Å². The molecule has 0 aliphatic carbocycles. The molecule has 0 heterocycles. The van der Waals surface area contributed by atoms with Gasteiger partial charge in [-0.25, -0.2) is 0 Å². The Morgan fingerprint density at radius 1 is 1.24 bits per heavy atom. The minimum atomic E-state index is -0.193. The lowest BCUT2D eigenvalue weighted by molar-refractivity contribution is -0.140. The summed E-state index contributed by atoms with van der Waals surface area (Å²) >= 11 is 5.99. The normalized spacial score (nSPS) is 10.6. The molecule has 0 atom stereocenters. The molecule has 1 amide bonds. The van der Waals surface area contributed by atoms with Crippen LogP contribution in [0, 0.1) is 0 Å². The van der Waals surface area contributed by atoms with Crippen LogP contribution in [0.2, 0.25) is 5.02 Å². The van der Waals surface area contributed by atoms with Gasteiger partial charge < -0.3 is 10.1 Å². The van der Waals surface area contributed by atoms with E-state index in [-0.39, 0.29) is 11.9 Å². The van der Waals surface area contributed by atoms with Crippen LogP contribution in [-0.2, 0) is 14.3 Å². The zero-order valence-electron chi connectivity index (χ0n) is 12.1. The van der Waals surface area contributed by atoms with Gasteiger partial charge in [0.15, 0.2) is 0 Å². The van der Waals surface area contributed by atoms with Crippen molar-refractivity contribution in [2.45, 2.75) is 25.7 Å². The Hall–Kier alpha value is -1.81. The highest BCUT2D eigenvalue weighted by molar-refractivity contribution is 6.32. The standard InChI is InChI=1S/C16H20ClNO3/c1-21-16(20)9-3-2-6-12-18-15(19)11-10-13-7-4-5-8-14(13)17/h4-5,7-8,10-11H,2-3,6,9,12H2,1H3,(H,18,19)/b11-10+. The number of carbonyl (C=O) groups is 2. The van der Waals surface area contributed by atoms with Crippen molar-refractivity contribution >= 4 is 29.6 Å². The highest BCUT2D eigenvalue weighted by Gasteiger charge is 2.00. The Kier molecular flexibility index (Phi) is 8.21. The van der Waals surface area contributed by atoms with Crippen LogP contribution in [0.15, 0.2) is 30.3 Å². The second kappa shape index (κ2) is 10.00. The Bertz CT molecular complexity index is 500. The van der Waals surface area contributed by atoms with Gasteiger partial charge in [-0.1, -0.05) is 36.2 Å². The lowest BCUT2D eigenvalue weighted by Gasteiger charge is -2.02. The maximum absolute atomic E-state index is 11.6. The van der Waals surface area contributed by atoms with E-state index in [1.165, 1.54) is 13.2 Å². The molecule has 0 aliphatic rings. The molecule has 0 radical (unpaired) electrons. The van der Waals surface area contributed by atoms with E-state index in [1.54, 1.807) is 12.1 Å². The lowest BCUT2D eigenvalue weighted by Crippen LogP contribution is -2.22. The number of rotatable bonds is 8. The van der Waals surface area contributed by atoms with Crippen molar-refractivity contribution in [1.29, 1.82) is 0 Å². The summed E-state index contributed by atoms with van der Waals surface area (Å²) in [5, 5.41) is 3.40. The van der Waals surface area contributed by atoms with Gasteiger partial charge in [-0.3, -0.25) is 9.59 Å². The quantitative estimate of drug-likeness (QED) is 0.456. The number of benzene rings is 1. The number of carbonyl (C=O) groups excluding carboxylic acids is 2. The van der Waals surface area contributed by atoms with Crippen molar-refractivity contribution < 1.29 is 14.3 Å². The molecule has 4 nitrogen and oxygen atoms in total. The molecular formula is C16H20ClNO3. The largest absolute Gasteiger partial charge is 0.469 e. The van der Waals surface area contributed by atoms with Crippen molar-refractivity contribution in [3.63, 3.8) is 0 Å². The van der Waals surface area contributed by atoms with E-state index in [4.69, 9.17) is 11.6 Å². The van der Waals surface area contributed by atoms with Gasteiger partial charge in [-0.15, -0.1) is 0 Å². The fourth-order valence-electron chi connectivity index (χ4n) is 1.72. The Balaban J connectivity index is 2.17. The maximum Gasteiger partial charge on any atom is 0.305 e. The molecule has 21 heavy (non-hydrogen) atoms. The van der Waals surface area contributed by atoms with Crippen LogP contribution in [-0.4, -0.2) is 25.5 Å². The lowest BCUT2D eigenvalue weighted by atomic mass is 10.2. The van der Waals surface area contributed by atoms with Crippen molar-refractivity contribution in [2.75, 3.05) is 13.7 Å². The minimum absolute atomic E-state index is 0.150. The number of amides is 1. The highest BCUT2D eigenvalue weighted by Crippen LogP contribution is 2.15. The molecule has 0 saturated carbocycles. The van der Waals surface area contributed by atoms with Crippen molar-refractivity contribution in [1.82, 2.24) is 5.32 Å². The molecule has 0 saturated heterocycles. The number of hydrogen-bond acceptors (Lipinski definition) is 3. The predicted octanol–water partition coefficient (Wildman–Crippen LogP) is 3.20. The summed E-state index contributed by atoms with van der Waals surface area (Å²) in [7, 11) is 1.38. The summed E-state index contributed by atoms with van der Waals surface area (Å²) in [5.74, 6) is -0.343. The van der Waals surface area contributed by atoms with Gasteiger partial charge in [0.2, 0.25) is 5.91 Å². The second-order valence-electron chi connectivity index (χ2n) is 4.53. The number of methoxy groups -OCH3 is 1. The van der Waals surface area contributed by atoms with Gasteiger partial charge in [0.25, 0.3) is 0 Å². The zero-order valence-corrected chi connectivity index (χ0v) is 12.9. The maximum atomic E-state index is 11.6. The Labute approximate surface area is 130 Å². The molecule has 1 aromatic rings. The summed E-state index contributed by atoms with van der Waals surface area (Å²) in [6, 6.07) is 7.33. The van der Waals surface area contributed by atoms with Gasteiger partial charge in [0, 0.05) is 24.1 Å². The second-order valence-corrected chi connectivity index (χ2v) is 4.94. The van der Waals surface area contributed by atoms with Crippen LogP contribution in [0.25, 0.3) is 6.08 Å². The number of hydrogen-bond donors (Lipinski definition) is 1. The average Bonchev–Trinajstić information content (AvgIpc) is 2.49. The molecule has 1 rings (SSSR count). The van der Waals surface area contributed by atoms with Gasteiger partial charge >= 0.3 is 5.97 Å². The number of esters is 1. The summed E-state index contributed by atoms with van der Waals surface area (Å²) < 4.78 is 4.55. The predicted molar refractivity (Wildman–Crippen MR) is 84.0 cm³/mol. The SMILES string of the molecule is COC(=O)CCCCCNC(=O)/C=C/c1ccccc1Cl. The van der Waals surface area contributed by atoms with E-state index in [0.29, 0.717) is 18.0 Å². The number of halogens is 1. The first-order chi connectivity index (χ1) is 10.1. The molecule has 0 aromatic heterocycles. The van der Waals surface area contributed by atoms with Crippen LogP contribution >= 0.6 is 11.6 Å². The van der Waals surface area contributed by atoms with Gasteiger partial charge in [-0.05, 0) is 30.5 Å².